The molecule has 0 bridgehead atoms. The van der Waals surface area contributed by atoms with Gasteiger partial charge in [-0.25, -0.2) is 0 Å². The van der Waals surface area contributed by atoms with Crippen molar-refractivity contribution < 1.29 is 19.2 Å². The Morgan fingerprint density at radius 3 is 2.06 bits per heavy atom. The molecular formula is C20H39ClN6O4. The number of nitrogens with two attached hydrogens (primary N) is 2. The summed E-state index contributed by atoms with van der Waals surface area (Å²) in [5.41, 5.74) is 11.1. The monoisotopic (exact) mass is 462 g/mol. The first-order valence-corrected chi connectivity index (χ1v) is 10.3. The van der Waals surface area contributed by atoms with Crippen molar-refractivity contribution >= 4 is 42.4 Å². The standard InChI is InChI=1S/C20H38N6O4.ClH/c1-12(2)9-16(21)18(29)25-17(10-13(3)4)19(30)26(14(5)28)15(11-27)7-6-8-24-20(22)23;/h11-13,15-17H,6-10,21H2,1-5H3,(H,25,29)(H4,22,23,24);1H/t15-,16-,17-;/m0./s1. The first-order valence-electron chi connectivity index (χ1n) is 10.3. The molecule has 10 nitrogen and oxygen atoms in total. The van der Waals surface area contributed by atoms with E-state index in [-0.39, 0.29) is 36.6 Å². The zero-order valence-corrected chi connectivity index (χ0v) is 20.0. The minimum Gasteiger partial charge on any atom is -0.370 e. The van der Waals surface area contributed by atoms with Crippen molar-refractivity contribution in [1.29, 1.82) is 5.41 Å². The van der Waals surface area contributed by atoms with E-state index in [1.54, 1.807) is 0 Å². The number of amides is 3. The van der Waals surface area contributed by atoms with Crippen LogP contribution in [0.1, 0.15) is 60.3 Å². The number of halogens is 1. The van der Waals surface area contributed by atoms with Crippen LogP contribution in [0.15, 0.2) is 0 Å². The Morgan fingerprint density at radius 2 is 1.65 bits per heavy atom. The first kappa shape index (κ1) is 31.0. The molecule has 0 aromatic carbocycles. The summed E-state index contributed by atoms with van der Waals surface area (Å²) >= 11 is 0. The molecule has 0 fully saturated rings. The zero-order chi connectivity index (χ0) is 23.4. The number of carbonyl (C=O) groups excluding carboxylic acids is 4. The van der Waals surface area contributed by atoms with Crippen LogP contribution < -0.4 is 22.1 Å². The molecule has 3 atom stereocenters. The van der Waals surface area contributed by atoms with Crippen LogP contribution in [0, 0.1) is 17.2 Å². The highest BCUT2D eigenvalue weighted by molar-refractivity contribution is 6.01. The molecule has 0 aliphatic heterocycles. The molecule has 31 heavy (non-hydrogen) atoms. The number of hydrogen-bond donors (Lipinski definition) is 5. The second-order valence-electron chi connectivity index (χ2n) is 8.34. The molecule has 7 N–H and O–H groups in total. The van der Waals surface area contributed by atoms with E-state index >= 15 is 0 Å². The highest BCUT2D eigenvalue weighted by Crippen LogP contribution is 2.14. The van der Waals surface area contributed by atoms with Crippen LogP contribution in [0.4, 0.5) is 0 Å². The molecule has 0 spiro atoms. The predicted octanol–water partition coefficient (Wildman–Crippen LogP) is 0.518. The molecule has 0 rings (SSSR count). The number of imide groups is 1. The first-order chi connectivity index (χ1) is 13.9. The summed E-state index contributed by atoms with van der Waals surface area (Å²) in [6, 6.07) is -2.70. The van der Waals surface area contributed by atoms with Crippen LogP contribution in [0.3, 0.4) is 0 Å². The number of nitrogens with zero attached hydrogens (tertiary/aromatic N) is 1. The molecule has 0 heterocycles. The lowest BCUT2D eigenvalue weighted by Gasteiger charge is -2.31. The highest BCUT2D eigenvalue weighted by Gasteiger charge is 2.34. The lowest BCUT2D eigenvalue weighted by molar-refractivity contribution is -0.151. The van der Waals surface area contributed by atoms with E-state index in [0.29, 0.717) is 32.1 Å². The van der Waals surface area contributed by atoms with Gasteiger partial charge in [-0.2, -0.15) is 0 Å². The summed E-state index contributed by atoms with van der Waals surface area (Å²) in [5, 5.41) is 12.4. The molecule has 0 saturated carbocycles. The van der Waals surface area contributed by atoms with Crippen molar-refractivity contribution in [3.63, 3.8) is 0 Å². The van der Waals surface area contributed by atoms with E-state index in [1.807, 2.05) is 27.7 Å². The molecule has 180 valence electrons. The summed E-state index contributed by atoms with van der Waals surface area (Å²) < 4.78 is 0. The lowest BCUT2D eigenvalue weighted by Crippen LogP contribution is -2.56. The molecule has 11 heteroatoms. The highest BCUT2D eigenvalue weighted by atomic mass is 35.5. The average Bonchev–Trinajstić information content (AvgIpc) is 2.61. The fraction of sp³-hybridized carbons (Fsp3) is 0.750. The summed E-state index contributed by atoms with van der Waals surface area (Å²) in [4.78, 5) is 50.4. The molecule has 0 aliphatic carbocycles. The Kier molecular flexibility index (Phi) is 15.6. The number of rotatable bonds is 13. The van der Waals surface area contributed by atoms with Gasteiger partial charge in [-0.1, -0.05) is 27.7 Å². The SMILES string of the molecule is CC(=O)N(C(=O)[C@H](CC(C)C)NC(=O)[C@@H](N)CC(C)C)[C@H](C=O)CCCNC(=N)N.Cl. The maximum Gasteiger partial charge on any atom is 0.252 e. The van der Waals surface area contributed by atoms with Gasteiger partial charge in [0.1, 0.15) is 12.3 Å². The van der Waals surface area contributed by atoms with Crippen LogP contribution in [-0.4, -0.2) is 59.5 Å². The molecule has 0 aromatic heterocycles. The molecule has 0 aliphatic rings. The number of carbonyl (C=O) groups is 4. The Hall–Kier alpha value is -2.20. The molecule has 0 saturated heterocycles. The third kappa shape index (κ3) is 12.3. The van der Waals surface area contributed by atoms with Gasteiger partial charge in [0.05, 0.1) is 12.1 Å². The Bertz CT molecular complexity index is 614. The Balaban J connectivity index is 0. The van der Waals surface area contributed by atoms with Gasteiger partial charge in [0, 0.05) is 13.5 Å². The number of hydrogen-bond acceptors (Lipinski definition) is 6. The zero-order valence-electron chi connectivity index (χ0n) is 19.1. The van der Waals surface area contributed by atoms with Crippen LogP contribution >= 0.6 is 12.4 Å². The summed E-state index contributed by atoms with van der Waals surface area (Å²) in [7, 11) is 0. The summed E-state index contributed by atoms with van der Waals surface area (Å²) in [6.07, 6.45) is 1.95. The molecule has 3 amide bonds. The number of guanidine groups is 1. The van der Waals surface area contributed by atoms with Crippen molar-refractivity contribution in [2.24, 2.45) is 23.3 Å². The van der Waals surface area contributed by atoms with Gasteiger partial charge >= 0.3 is 0 Å². The van der Waals surface area contributed by atoms with Gasteiger partial charge in [-0.05, 0) is 37.5 Å². The van der Waals surface area contributed by atoms with Crippen LogP contribution in [0.2, 0.25) is 0 Å². The average molecular weight is 463 g/mol. The smallest absolute Gasteiger partial charge is 0.252 e. The fourth-order valence-electron chi connectivity index (χ4n) is 3.10. The van der Waals surface area contributed by atoms with Crippen LogP contribution in [0.25, 0.3) is 0 Å². The number of aldehydes is 1. The van der Waals surface area contributed by atoms with Gasteiger partial charge in [0.25, 0.3) is 5.91 Å². The second-order valence-corrected chi connectivity index (χ2v) is 8.34. The van der Waals surface area contributed by atoms with E-state index in [4.69, 9.17) is 16.9 Å². The summed E-state index contributed by atoms with van der Waals surface area (Å²) in [5.74, 6) is -1.59. The van der Waals surface area contributed by atoms with E-state index in [9.17, 15) is 19.2 Å². The Morgan fingerprint density at radius 1 is 1.10 bits per heavy atom. The van der Waals surface area contributed by atoms with E-state index < -0.39 is 35.8 Å². The predicted molar refractivity (Wildman–Crippen MR) is 123 cm³/mol. The van der Waals surface area contributed by atoms with E-state index in [1.165, 1.54) is 6.92 Å². The third-order valence-electron chi connectivity index (χ3n) is 4.44. The van der Waals surface area contributed by atoms with Crippen LogP contribution in [-0.2, 0) is 19.2 Å². The van der Waals surface area contributed by atoms with Gasteiger partial charge in [0.15, 0.2) is 5.96 Å². The molecule has 0 radical (unpaired) electrons. The summed E-state index contributed by atoms with van der Waals surface area (Å²) in [6.45, 7) is 9.21. The minimum absolute atomic E-state index is 0. The van der Waals surface area contributed by atoms with Gasteiger partial charge < -0.3 is 26.9 Å². The quantitative estimate of drug-likeness (QED) is 0.115. The van der Waals surface area contributed by atoms with Gasteiger partial charge in [-0.3, -0.25) is 24.7 Å². The van der Waals surface area contributed by atoms with Crippen molar-refractivity contribution in [1.82, 2.24) is 15.5 Å². The number of nitrogens with one attached hydrogen (secondary N) is 3. The molecule has 0 unspecified atom stereocenters. The van der Waals surface area contributed by atoms with Crippen LogP contribution in [0.5, 0.6) is 0 Å². The fourth-order valence-corrected chi connectivity index (χ4v) is 3.10. The van der Waals surface area contributed by atoms with Crippen molar-refractivity contribution in [3.05, 3.63) is 0 Å². The topological polar surface area (TPSA) is 171 Å². The Labute approximate surface area is 191 Å². The van der Waals surface area contributed by atoms with E-state index in [0.717, 1.165) is 4.90 Å². The van der Waals surface area contributed by atoms with Crippen molar-refractivity contribution in [2.45, 2.75) is 78.4 Å². The van der Waals surface area contributed by atoms with Crippen molar-refractivity contribution in [2.75, 3.05) is 6.54 Å². The normalized spacial score (nSPS) is 13.5. The largest absolute Gasteiger partial charge is 0.370 e. The maximum absolute atomic E-state index is 13.2. The second kappa shape index (κ2) is 15.6. The maximum atomic E-state index is 13.2. The van der Waals surface area contributed by atoms with E-state index in [2.05, 4.69) is 10.6 Å². The molecular weight excluding hydrogens is 424 g/mol. The van der Waals surface area contributed by atoms with Gasteiger partial charge in [0.2, 0.25) is 11.8 Å². The minimum atomic E-state index is -0.973. The van der Waals surface area contributed by atoms with Gasteiger partial charge in [-0.15, -0.1) is 12.4 Å². The van der Waals surface area contributed by atoms with Crippen molar-refractivity contribution in [3.8, 4) is 0 Å². The third-order valence-corrected chi connectivity index (χ3v) is 4.44. The lowest BCUT2D eigenvalue weighted by atomic mass is 9.99. The molecule has 0 aromatic rings.